The largest absolute Gasteiger partial charge is 0.493 e. The second-order valence-electron chi connectivity index (χ2n) is 10.1. The molecule has 0 aromatic heterocycles. The van der Waals surface area contributed by atoms with Gasteiger partial charge in [0.15, 0.2) is 11.5 Å². The molecule has 3 rings (SSSR count). The first-order valence-electron chi connectivity index (χ1n) is 14.1. The molecule has 0 aliphatic carbocycles. The van der Waals surface area contributed by atoms with Crippen molar-refractivity contribution in [1.29, 1.82) is 0 Å². The van der Waals surface area contributed by atoms with E-state index in [-0.39, 0.29) is 12.1 Å². The van der Waals surface area contributed by atoms with Crippen LogP contribution < -0.4 is 14.8 Å². The summed E-state index contributed by atoms with van der Waals surface area (Å²) in [4.78, 5) is 18.1. The van der Waals surface area contributed by atoms with Gasteiger partial charge in [-0.2, -0.15) is 0 Å². The van der Waals surface area contributed by atoms with Crippen molar-refractivity contribution in [1.82, 2.24) is 9.80 Å². The number of anilines is 1. The Balaban J connectivity index is 1.78. The Kier molecular flexibility index (Phi) is 11.7. The van der Waals surface area contributed by atoms with E-state index in [4.69, 9.17) is 9.47 Å². The van der Waals surface area contributed by atoms with E-state index in [0.717, 1.165) is 60.4 Å². The van der Waals surface area contributed by atoms with Crippen LogP contribution in [0.5, 0.6) is 11.5 Å². The number of aryl methyl sites for hydroxylation is 2. The van der Waals surface area contributed by atoms with Gasteiger partial charge in [-0.3, -0.25) is 0 Å². The van der Waals surface area contributed by atoms with Gasteiger partial charge in [-0.05, 0) is 87.6 Å². The predicted molar refractivity (Wildman–Crippen MR) is 161 cm³/mol. The molecule has 6 heteroatoms. The third-order valence-corrected chi connectivity index (χ3v) is 7.31. The highest BCUT2D eigenvalue weighted by Gasteiger charge is 2.22. The standard InChI is InChI=1S/C33H45N3O3/c1-7-35(8-2)21-13-16-27(5)36(33(37)34-32-25(3)14-12-15-26(32)4)23-29-19-20-30(31(22-29)38-6)39-24-28-17-10-9-11-18-28/h9-12,14-15,17-20,22,27H,7-8,13,16,21,23-24H2,1-6H3,(H,34,37). The van der Waals surface area contributed by atoms with E-state index in [1.54, 1.807) is 7.11 Å². The lowest BCUT2D eigenvalue weighted by atomic mass is 10.1. The molecule has 1 unspecified atom stereocenters. The Bertz CT molecular complexity index is 1160. The van der Waals surface area contributed by atoms with Gasteiger partial charge >= 0.3 is 6.03 Å². The number of para-hydroxylation sites is 1. The van der Waals surface area contributed by atoms with Crippen molar-refractivity contribution < 1.29 is 14.3 Å². The number of rotatable bonds is 14. The summed E-state index contributed by atoms with van der Waals surface area (Å²) in [6, 6.07) is 22.0. The van der Waals surface area contributed by atoms with E-state index < -0.39 is 0 Å². The highest BCUT2D eigenvalue weighted by atomic mass is 16.5. The van der Waals surface area contributed by atoms with Gasteiger partial charge in [0.05, 0.1) is 7.11 Å². The number of nitrogens with one attached hydrogen (secondary N) is 1. The van der Waals surface area contributed by atoms with Crippen LogP contribution in [0.2, 0.25) is 0 Å². The average molecular weight is 532 g/mol. The van der Waals surface area contributed by atoms with Crippen LogP contribution in [0.4, 0.5) is 10.5 Å². The number of hydrogen-bond donors (Lipinski definition) is 1. The van der Waals surface area contributed by atoms with Gasteiger partial charge < -0.3 is 24.6 Å². The van der Waals surface area contributed by atoms with Crippen LogP contribution in [-0.2, 0) is 13.2 Å². The second-order valence-corrected chi connectivity index (χ2v) is 10.1. The van der Waals surface area contributed by atoms with E-state index in [0.29, 0.717) is 24.7 Å². The molecule has 39 heavy (non-hydrogen) atoms. The Morgan fingerprint density at radius 1 is 0.897 bits per heavy atom. The normalized spacial score (nSPS) is 11.8. The smallest absolute Gasteiger partial charge is 0.322 e. The molecule has 1 N–H and O–H groups in total. The van der Waals surface area contributed by atoms with Crippen molar-refractivity contribution >= 4 is 11.7 Å². The molecule has 0 heterocycles. The Labute approximate surface area is 234 Å². The molecule has 3 aromatic rings. The average Bonchev–Trinajstić information content (AvgIpc) is 2.95. The monoisotopic (exact) mass is 531 g/mol. The number of hydrogen-bond acceptors (Lipinski definition) is 4. The third-order valence-electron chi connectivity index (χ3n) is 7.31. The maximum atomic E-state index is 13.7. The quantitative estimate of drug-likeness (QED) is 0.235. The van der Waals surface area contributed by atoms with Crippen molar-refractivity contribution in [2.24, 2.45) is 0 Å². The van der Waals surface area contributed by atoms with E-state index in [2.05, 4.69) is 31.0 Å². The number of methoxy groups -OCH3 is 1. The number of ether oxygens (including phenoxy) is 2. The van der Waals surface area contributed by atoms with E-state index in [1.807, 2.05) is 85.5 Å². The number of urea groups is 1. The Morgan fingerprint density at radius 3 is 2.23 bits per heavy atom. The minimum absolute atomic E-state index is 0.0601. The van der Waals surface area contributed by atoms with Crippen LogP contribution in [0.1, 0.15) is 55.9 Å². The highest BCUT2D eigenvalue weighted by Crippen LogP contribution is 2.30. The number of carbonyl (C=O) groups excluding carboxylic acids is 1. The lowest BCUT2D eigenvalue weighted by molar-refractivity contribution is 0.180. The van der Waals surface area contributed by atoms with Gasteiger partial charge in [-0.1, -0.05) is 68.4 Å². The lowest BCUT2D eigenvalue weighted by Crippen LogP contribution is -2.41. The van der Waals surface area contributed by atoms with Crippen molar-refractivity contribution in [3.63, 3.8) is 0 Å². The molecular formula is C33H45N3O3. The summed E-state index contributed by atoms with van der Waals surface area (Å²) >= 11 is 0. The van der Waals surface area contributed by atoms with Crippen LogP contribution in [-0.4, -0.2) is 48.6 Å². The molecule has 1 atom stereocenters. The van der Waals surface area contributed by atoms with E-state index in [1.165, 1.54) is 0 Å². The summed E-state index contributed by atoms with van der Waals surface area (Å²) < 4.78 is 11.7. The molecule has 3 aromatic carbocycles. The molecule has 0 radical (unpaired) electrons. The zero-order chi connectivity index (χ0) is 28.2. The summed E-state index contributed by atoms with van der Waals surface area (Å²) in [6.45, 7) is 14.6. The van der Waals surface area contributed by atoms with Crippen LogP contribution in [0.15, 0.2) is 66.7 Å². The van der Waals surface area contributed by atoms with E-state index >= 15 is 0 Å². The van der Waals surface area contributed by atoms with Crippen molar-refractivity contribution in [2.75, 3.05) is 32.1 Å². The van der Waals surface area contributed by atoms with Crippen LogP contribution in [0.3, 0.4) is 0 Å². The molecule has 0 saturated carbocycles. The molecule has 0 aliphatic heterocycles. The fourth-order valence-electron chi connectivity index (χ4n) is 4.79. The first kappa shape index (κ1) is 30.0. The van der Waals surface area contributed by atoms with Gasteiger partial charge in [0.25, 0.3) is 0 Å². The first-order valence-corrected chi connectivity index (χ1v) is 14.1. The van der Waals surface area contributed by atoms with Crippen LogP contribution in [0, 0.1) is 13.8 Å². The third kappa shape index (κ3) is 8.75. The summed E-state index contributed by atoms with van der Waals surface area (Å²) in [5, 5.41) is 3.20. The number of benzene rings is 3. The van der Waals surface area contributed by atoms with Gasteiger partial charge in [0.2, 0.25) is 0 Å². The maximum absolute atomic E-state index is 13.7. The molecule has 0 saturated heterocycles. The van der Waals surface area contributed by atoms with Gasteiger partial charge in [-0.25, -0.2) is 4.79 Å². The van der Waals surface area contributed by atoms with E-state index in [9.17, 15) is 4.79 Å². The fraction of sp³-hybridized carbons (Fsp3) is 0.424. The summed E-state index contributed by atoms with van der Waals surface area (Å²) in [5.41, 5.74) is 5.07. The second kappa shape index (κ2) is 15.2. The minimum Gasteiger partial charge on any atom is -0.493 e. The Morgan fingerprint density at radius 2 is 1.59 bits per heavy atom. The number of carbonyl (C=O) groups is 1. The maximum Gasteiger partial charge on any atom is 0.322 e. The molecule has 210 valence electrons. The topological polar surface area (TPSA) is 54.0 Å². The van der Waals surface area contributed by atoms with Crippen LogP contribution >= 0.6 is 0 Å². The molecule has 0 spiro atoms. The molecular weight excluding hydrogens is 486 g/mol. The highest BCUT2D eigenvalue weighted by molar-refractivity contribution is 5.91. The zero-order valence-electron chi connectivity index (χ0n) is 24.5. The van der Waals surface area contributed by atoms with Gasteiger partial charge in [0.1, 0.15) is 6.61 Å². The van der Waals surface area contributed by atoms with Gasteiger partial charge in [-0.15, -0.1) is 0 Å². The molecule has 0 bridgehead atoms. The minimum atomic E-state index is -0.0916. The number of amides is 2. The molecule has 0 fully saturated rings. The predicted octanol–water partition coefficient (Wildman–Crippen LogP) is 7.44. The number of nitrogens with zero attached hydrogens (tertiary/aromatic N) is 2. The summed E-state index contributed by atoms with van der Waals surface area (Å²) in [6.07, 6.45) is 1.96. The fourth-order valence-corrected chi connectivity index (χ4v) is 4.79. The molecule has 0 aliphatic rings. The van der Waals surface area contributed by atoms with Crippen molar-refractivity contribution in [3.8, 4) is 11.5 Å². The SMILES string of the molecule is CCN(CC)CCCC(C)N(Cc1ccc(OCc2ccccc2)c(OC)c1)C(=O)Nc1c(C)cccc1C. The van der Waals surface area contributed by atoms with Crippen molar-refractivity contribution in [2.45, 2.75) is 66.7 Å². The first-order chi connectivity index (χ1) is 18.9. The summed E-state index contributed by atoms with van der Waals surface area (Å²) in [7, 11) is 1.65. The molecule has 2 amide bonds. The Hall–Kier alpha value is -3.51. The molecule has 6 nitrogen and oxygen atoms in total. The van der Waals surface area contributed by atoms with Crippen LogP contribution in [0.25, 0.3) is 0 Å². The van der Waals surface area contributed by atoms with Crippen molar-refractivity contribution in [3.05, 3.63) is 89.0 Å². The lowest BCUT2D eigenvalue weighted by Gasteiger charge is -2.31. The zero-order valence-corrected chi connectivity index (χ0v) is 24.5. The summed E-state index contributed by atoms with van der Waals surface area (Å²) in [5.74, 6) is 1.34. The van der Waals surface area contributed by atoms with Gasteiger partial charge in [0, 0.05) is 18.3 Å².